The lowest BCUT2D eigenvalue weighted by molar-refractivity contribution is 0.527. The van der Waals surface area contributed by atoms with Gasteiger partial charge >= 0.3 is 5.76 Å². The zero-order valence-electron chi connectivity index (χ0n) is 13.0. The predicted molar refractivity (Wildman–Crippen MR) is 94.3 cm³/mol. The molecule has 1 aromatic heterocycles. The van der Waals surface area contributed by atoms with E-state index in [9.17, 15) is 13.2 Å². The largest absolute Gasteiger partial charge is 0.419 e. The van der Waals surface area contributed by atoms with Gasteiger partial charge in [0.05, 0.1) is 10.4 Å². The van der Waals surface area contributed by atoms with Crippen LogP contribution < -0.4 is 10.5 Å². The van der Waals surface area contributed by atoms with E-state index in [-0.39, 0.29) is 10.5 Å². The number of aromatic nitrogens is 1. The van der Waals surface area contributed by atoms with Crippen molar-refractivity contribution in [3.8, 4) is 0 Å². The molecule has 0 fully saturated rings. The second kappa shape index (κ2) is 6.19. The van der Waals surface area contributed by atoms with E-state index in [1.165, 1.54) is 16.7 Å². The molecule has 6 nitrogen and oxygen atoms in total. The molecule has 0 saturated carbocycles. The first-order valence-electron chi connectivity index (χ1n) is 7.15. The summed E-state index contributed by atoms with van der Waals surface area (Å²) < 4.78 is 35.1. The maximum Gasteiger partial charge on any atom is 0.419 e. The Hall–Kier alpha value is -1.90. The summed E-state index contributed by atoms with van der Waals surface area (Å²) in [6.07, 6.45) is 0. The fraction of sp³-hybridized carbons (Fsp3) is 0.188. The smallest absolute Gasteiger partial charge is 0.408 e. The van der Waals surface area contributed by atoms with Crippen LogP contribution in [0, 0.1) is 0 Å². The van der Waals surface area contributed by atoms with Gasteiger partial charge in [0.25, 0.3) is 0 Å². The van der Waals surface area contributed by atoms with Gasteiger partial charge < -0.3 is 4.42 Å². The highest BCUT2D eigenvalue weighted by atomic mass is 79.9. The highest BCUT2D eigenvalue weighted by Crippen LogP contribution is 2.21. The maximum atomic E-state index is 12.6. The van der Waals surface area contributed by atoms with Gasteiger partial charge in [0.15, 0.2) is 5.58 Å². The number of rotatable bonds is 4. The van der Waals surface area contributed by atoms with Crippen molar-refractivity contribution in [2.75, 3.05) is 0 Å². The van der Waals surface area contributed by atoms with Crippen molar-refractivity contribution in [1.29, 1.82) is 0 Å². The van der Waals surface area contributed by atoms with E-state index in [0.29, 0.717) is 5.52 Å². The SMILES string of the molecule is C[C@@H](NS(=O)(=O)c1ccc2c(c1)oc(=O)n2C)c1ccc(Br)cc1. The van der Waals surface area contributed by atoms with Gasteiger partial charge in [-0.25, -0.2) is 17.9 Å². The lowest BCUT2D eigenvalue weighted by atomic mass is 10.1. The molecule has 24 heavy (non-hydrogen) atoms. The predicted octanol–water partition coefficient (Wildman–Crippen LogP) is 2.93. The molecule has 0 amide bonds. The maximum absolute atomic E-state index is 12.6. The van der Waals surface area contributed by atoms with Crippen molar-refractivity contribution in [2.45, 2.75) is 17.9 Å². The standard InChI is InChI=1S/C16H15BrN2O4S/c1-10(11-3-5-12(17)6-4-11)18-24(21,22)13-7-8-14-15(9-13)23-16(20)19(14)2/h3-10,18H,1-2H3/t10-/m1/s1. The lowest BCUT2D eigenvalue weighted by Gasteiger charge is -2.14. The number of sulfonamides is 1. The third kappa shape index (κ3) is 3.17. The molecular formula is C16H15BrN2O4S. The number of nitrogens with zero attached hydrogens (tertiary/aromatic N) is 1. The van der Waals surface area contributed by atoms with Crippen LogP contribution in [0.25, 0.3) is 11.1 Å². The molecular weight excluding hydrogens is 396 g/mol. The van der Waals surface area contributed by atoms with E-state index >= 15 is 0 Å². The topological polar surface area (TPSA) is 81.3 Å². The number of halogens is 1. The van der Waals surface area contributed by atoms with Crippen LogP contribution in [0.5, 0.6) is 0 Å². The first-order chi connectivity index (χ1) is 11.3. The molecule has 0 saturated heterocycles. The van der Waals surface area contributed by atoms with Crippen LogP contribution in [0.1, 0.15) is 18.5 Å². The molecule has 0 radical (unpaired) electrons. The summed E-state index contributed by atoms with van der Waals surface area (Å²) in [6.45, 7) is 1.77. The number of fused-ring (bicyclic) bond motifs is 1. The molecule has 3 aromatic rings. The van der Waals surface area contributed by atoms with Crippen LogP contribution in [0.15, 0.2) is 61.0 Å². The summed E-state index contributed by atoms with van der Waals surface area (Å²) in [5.41, 5.74) is 1.62. The van der Waals surface area contributed by atoms with Crippen molar-refractivity contribution < 1.29 is 12.8 Å². The van der Waals surface area contributed by atoms with Crippen LogP contribution >= 0.6 is 15.9 Å². The molecule has 3 rings (SSSR count). The fourth-order valence-electron chi connectivity index (χ4n) is 2.40. The van der Waals surface area contributed by atoms with Crippen molar-refractivity contribution in [3.63, 3.8) is 0 Å². The first kappa shape index (κ1) is 16.9. The Morgan fingerprint density at radius 1 is 1.17 bits per heavy atom. The number of benzene rings is 2. The fourth-order valence-corrected chi connectivity index (χ4v) is 3.91. The van der Waals surface area contributed by atoms with Gasteiger partial charge in [0.1, 0.15) is 0 Å². The monoisotopic (exact) mass is 410 g/mol. The molecule has 0 unspecified atom stereocenters. The van der Waals surface area contributed by atoms with Crippen LogP contribution in [-0.4, -0.2) is 13.0 Å². The number of hydrogen-bond acceptors (Lipinski definition) is 4. The van der Waals surface area contributed by atoms with Crippen molar-refractivity contribution in [2.24, 2.45) is 7.05 Å². The van der Waals surface area contributed by atoms with Gasteiger partial charge in [-0.3, -0.25) is 4.57 Å². The molecule has 8 heteroatoms. The van der Waals surface area contributed by atoms with Gasteiger partial charge in [-0.1, -0.05) is 28.1 Å². The van der Waals surface area contributed by atoms with Gasteiger partial charge in [0.2, 0.25) is 10.0 Å². The third-order valence-electron chi connectivity index (χ3n) is 3.78. The summed E-state index contributed by atoms with van der Waals surface area (Å²) >= 11 is 3.35. The van der Waals surface area contributed by atoms with Crippen LogP contribution in [0.4, 0.5) is 0 Å². The van der Waals surface area contributed by atoms with Crippen LogP contribution in [0.2, 0.25) is 0 Å². The Morgan fingerprint density at radius 2 is 1.83 bits per heavy atom. The Kier molecular flexibility index (Phi) is 4.37. The van der Waals surface area contributed by atoms with Crippen molar-refractivity contribution in [1.82, 2.24) is 9.29 Å². The van der Waals surface area contributed by atoms with Gasteiger partial charge in [0, 0.05) is 23.6 Å². The van der Waals surface area contributed by atoms with Gasteiger partial charge in [-0.2, -0.15) is 0 Å². The van der Waals surface area contributed by atoms with Crippen LogP contribution in [0.3, 0.4) is 0 Å². The Bertz CT molecular complexity index is 1050. The number of aryl methyl sites for hydroxylation is 1. The highest BCUT2D eigenvalue weighted by Gasteiger charge is 2.20. The summed E-state index contributed by atoms with van der Waals surface area (Å²) in [5, 5.41) is 0. The van der Waals surface area contributed by atoms with Gasteiger partial charge in [-0.15, -0.1) is 0 Å². The summed E-state index contributed by atoms with van der Waals surface area (Å²) in [4.78, 5) is 11.6. The van der Waals surface area contributed by atoms with E-state index in [0.717, 1.165) is 10.0 Å². The number of oxazole rings is 1. The minimum absolute atomic E-state index is 0.0494. The second-order valence-electron chi connectivity index (χ2n) is 5.45. The Labute approximate surface area is 147 Å². The van der Waals surface area contributed by atoms with E-state index in [1.54, 1.807) is 20.0 Å². The van der Waals surface area contributed by atoms with E-state index < -0.39 is 21.8 Å². The number of hydrogen-bond donors (Lipinski definition) is 1. The molecule has 0 aliphatic heterocycles. The zero-order chi connectivity index (χ0) is 17.5. The van der Waals surface area contributed by atoms with E-state index in [4.69, 9.17) is 4.42 Å². The third-order valence-corrected chi connectivity index (χ3v) is 5.84. The normalized spacial score (nSPS) is 13.3. The quantitative estimate of drug-likeness (QED) is 0.716. The molecule has 1 atom stereocenters. The Balaban J connectivity index is 1.92. The Morgan fingerprint density at radius 3 is 2.50 bits per heavy atom. The lowest BCUT2D eigenvalue weighted by Crippen LogP contribution is -2.26. The van der Waals surface area contributed by atoms with E-state index in [1.807, 2.05) is 24.3 Å². The molecule has 1 N–H and O–H groups in total. The average Bonchev–Trinajstić information content (AvgIpc) is 2.82. The highest BCUT2D eigenvalue weighted by molar-refractivity contribution is 9.10. The zero-order valence-corrected chi connectivity index (χ0v) is 15.4. The van der Waals surface area contributed by atoms with Crippen molar-refractivity contribution in [3.05, 3.63) is 63.1 Å². The first-order valence-corrected chi connectivity index (χ1v) is 9.43. The molecule has 0 spiro atoms. The molecule has 0 aliphatic carbocycles. The van der Waals surface area contributed by atoms with Gasteiger partial charge in [-0.05, 0) is 36.8 Å². The van der Waals surface area contributed by atoms with Crippen LogP contribution in [-0.2, 0) is 17.1 Å². The molecule has 1 heterocycles. The summed E-state index contributed by atoms with van der Waals surface area (Å²) in [7, 11) is -2.18. The summed E-state index contributed by atoms with van der Waals surface area (Å²) in [5.74, 6) is -0.532. The van der Waals surface area contributed by atoms with Crippen molar-refractivity contribution >= 4 is 37.1 Å². The second-order valence-corrected chi connectivity index (χ2v) is 8.08. The average molecular weight is 411 g/mol. The minimum atomic E-state index is -3.75. The molecule has 2 aromatic carbocycles. The van der Waals surface area contributed by atoms with E-state index in [2.05, 4.69) is 20.7 Å². The molecule has 0 aliphatic rings. The number of nitrogens with one attached hydrogen (secondary N) is 1. The minimum Gasteiger partial charge on any atom is -0.408 e. The molecule has 0 bridgehead atoms. The molecule has 126 valence electrons. The summed E-state index contributed by atoms with van der Waals surface area (Å²) in [6, 6.07) is 11.4.